The molecule has 1 aromatic rings. The molecule has 0 aromatic heterocycles. The molecule has 0 saturated carbocycles. The van der Waals surface area contributed by atoms with E-state index in [9.17, 15) is 23.2 Å². The van der Waals surface area contributed by atoms with Gasteiger partial charge in [-0.05, 0) is 138 Å². The highest BCUT2D eigenvalue weighted by atomic mass is 19.1. The van der Waals surface area contributed by atoms with E-state index in [0.717, 1.165) is 77.2 Å². The molecule has 2 aliphatic rings. The average Bonchev–Trinajstić information content (AvgIpc) is 3.09. The van der Waals surface area contributed by atoms with Crippen molar-refractivity contribution >= 4 is 23.7 Å². The summed E-state index contributed by atoms with van der Waals surface area (Å²) in [5.74, 6) is 0.657. The molecule has 2 heterocycles. The van der Waals surface area contributed by atoms with Gasteiger partial charge in [0.25, 0.3) is 0 Å². The lowest BCUT2D eigenvalue weighted by molar-refractivity contribution is 0.0170. The first-order valence-electron chi connectivity index (χ1n) is 19.4. The van der Waals surface area contributed by atoms with Crippen molar-refractivity contribution in [2.75, 3.05) is 59.3 Å². The molecular formula is C42H82F2N4O5. The van der Waals surface area contributed by atoms with Crippen LogP contribution in [-0.2, 0) is 9.47 Å². The monoisotopic (exact) mass is 761 g/mol. The van der Waals surface area contributed by atoms with E-state index in [1.807, 2.05) is 81.3 Å². The second-order valence-corrected chi connectivity index (χ2v) is 14.8. The summed E-state index contributed by atoms with van der Waals surface area (Å²) >= 11 is 0. The second kappa shape index (κ2) is 31.2. The quantitative estimate of drug-likeness (QED) is 0.155. The van der Waals surface area contributed by atoms with Crippen molar-refractivity contribution in [1.82, 2.24) is 15.1 Å². The Bertz CT molecular complexity index is 1120. The maximum absolute atomic E-state index is 13.8. The van der Waals surface area contributed by atoms with Gasteiger partial charge in [-0.2, -0.15) is 0 Å². The molecule has 2 fully saturated rings. The van der Waals surface area contributed by atoms with E-state index < -0.39 is 11.4 Å². The SMILES string of the molecule is C=CC.CC.CC(=O)c1ccc(NCCCC2CCN(C(=O)OC(C)(C)C)CC2)cc1F.CCCC1CCN(C(=O)OC(C)(C)C)CC1.CF.CNC.[HH].[HH]. The van der Waals surface area contributed by atoms with E-state index in [4.69, 9.17) is 9.47 Å². The van der Waals surface area contributed by atoms with Crippen LogP contribution in [0.2, 0.25) is 0 Å². The number of piperidine rings is 2. The molecule has 2 aliphatic heterocycles. The van der Waals surface area contributed by atoms with Gasteiger partial charge in [0.05, 0.1) is 12.7 Å². The Balaban J connectivity index is -0.000000254. The molecule has 2 amide bonds. The van der Waals surface area contributed by atoms with Crippen LogP contribution in [0.25, 0.3) is 0 Å². The molecular weight excluding hydrogens is 678 g/mol. The fraction of sp³-hybridized carbons (Fsp3) is 0.738. The largest absolute Gasteiger partial charge is 0.444 e. The summed E-state index contributed by atoms with van der Waals surface area (Å²) < 4.78 is 34.1. The number of anilines is 1. The van der Waals surface area contributed by atoms with Gasteiger partial charge in [0.15, 0.2) is 5.78 Å². The van der Waals surface area contributed by atoms with Crippen molar-refractivity contribution in [3.8, 4) is 0 Å². The van der Waals surface area contributed by atoms with Crippen LogP contribution >= 0.6 is 0 Å². The number of likely N-dealkylation sites (tertiary alicyclic amines) is 2. The third kappa shape index (κ3) is 28.0. The maximum Gasteiger partial charge on any atom is 0.410 e. The molecule has 9 nitrogen and oxygen atoms in total. The molecule has 0 spiro atoms. The van der Waals surface area contributed by atoms with Crippen LogP contribution in [0, 0.1) is 17.7 Å². The highest BCUT2D eigenvalue weighted by Gasteiger charge is 2.27. The summed E-state index contributed by atoms with van der Waals surface area (Å²) in [6.07, 6.45) is 10.2. The molecule has 0 bridgehead atoms. The summed E-state index contributed by atoms with van der Waals surface area (Å²) in [5.41, 5.74) is -0.0199. The van der Waals surface area contributed by atoms with E-state index in [-0.39, 0.29) is 32.0 Å². The normalized spacial score (nSPS) is 14.3. The van der Waals surface area contributed by atoms with Crippen molar-refractivity contribution in [3.63, 3.8) is 0 Å². The summed E-state index contributed by atoms with van der Waals surface area (Å²) in [4.78, 5) is 38.7. The zero-order valence-corrected chi connectivity index (χ0v) is 36.1. The molecule has 2 saturated heterocycles. The number of hydrogen-bond donors (Lipinski definition) is 2. The zero-order valence-electron chi connectivity index (χ0n) is 36.1. The van der Waals surface area contributed by atoms with Gasteiger partial charge in [-0.15, -0.1) is 6.58 Å². The first-order chi connectivity index (χ1) is 24.9. The minimum atomic E-state index is -0.484. The van der Waals surface area contributed by atoms with Crippen molar-refractivity contribution < 1.29 is 35.5 Å². The fourth-order valence-corrected chi connectivity index (χ4v) is 5.40. The number of nitrogens with one attached hydrogen (secondary N) is 2. The molecule has 314 valence electrons. The minimum absolute atomic E-state index is 0. The van der Waals surface area contributed by atoms with E-state index in [0.29, 0.717) is 18.8 Å². The number of hydrogen-bond acceptors (Lipinski definition) is 7. The Labute approximate surface area is 326 Å². The molecule has 3 rings (SSSR count). The number of carbonyl (C=O) groups is 3. The standard InChI is InChI=1S/C21H31FN2O3.C13H25NO2.C3H6.C2H7N.C2H6.CH3F.2H2/c1-15(25)18-8-7-17(14-19(18)22)23-11-5-6-16-9-12-24(13-10-16)20(26)27-21(2,3)4;1-5-6-11-7-9-14(10-8-11)12(15)16-13(2,3)4;2*1-3-2;2*1-2;;/h7-8,14,16,23H,5-6,9-13H2,1-4H3;11H,5-10H2,1-4H3;3H,1H2,2H3;3H,1-2H3;1-2H3;1H3;2*1H. The molecule has 0 atom stereocenters. The smallest absolute Gasteiger partial charge is 0.410 e. The van der Waals surface area contributed by atoms with Gasteiger partial charge in [-0.1, -0.05) is 39.7 Å². The summed E-state index contributed by atoms with van der Waals surface area (Å²) in [6.45, 7) is 28.2. The Morgan fingerprint density at radius 2 is 1.25 bits per heavy atom. The van der Waals surface area contributed by atoms with Crippen LogP contribution in [0.5, 0.6) is 0 Å². The van der Waals surface area contributed by atoms with Gasteiger partial charge < -0.3 is 29.9 Å². The molecule has 2 N–H and O–H groups in total. The lowest BCUT2D eigenvalue weighted by Crippen LogP contribution is -2.41. The number of alkyl halides is 1. The highest BCUT2D eigenvalue weighted by molar-refractivity contribution is 5.94. The number of carbonyl (C=O) groups excluding carboxylic acids is 3. The van der Waals surface area contributed by atoms with Gasteiger partial charge in [0.1, 0.15) is 17.0 Å². The van der Waals surface area contributed by atoms with Crippen LogP contribution in [0.1, 0.15) is 141 Å². The van der Waals surface area contributed by atoms with Gasteiger partial charge in [-0.25, -0.2) is 14.0 Å². The van der Waals surface area contributed by atoms with E-state index >= 15 is 0 Å². The summed E-state index contributed by atoms with van der Waals surface area (Å²) in [5, 5.41) is 5.96. The number of Topliss-reactive ketones (excluding diaryl/α,β-unsaturated/α-hetero) is 1. The van der Waals surface area contributed by atoms with Crippen molar-refractivity contribution in [2.45, 2.75) is 139 Å². The van der Waals surface area contributed by atoms with Crippen LogP contribution in [0.15, 0.2) is 30.9 Å². The maximum atomic E-state index is 13.8. The van der Waals surface area contributed by atoms with Crippen molar-refractivity contribution in [1.29, 1.82) is 0 Å². The molecule has 0 unspecified atom stereocenters. The number of allylic oxidation sites excluding steroid dienone is 1. The number of ketones is 1. The van der Waals surface area contributed by atoms with Gasteiger partial charge in [0.2, 0.25) is 0 Å². The Morgan fingerprint density at radius 3 is 1.57 bits per heavy atom. The van der Waals surface area contributed by atoms with E-state index in [2.05, 4.69) is 24.1 Å². The van der Waals surface area contributed by atoms with Crippen LogP contribution in [-0.4, -0.2) is 93.0 Å². The Kier molecular flexibility index (Phi) is 31.8. The Hall–Kier alpha value is -3.21. The van der Waals surface area contributed by atoms with Gasteiger partial charge >= 0.3 is 12.2 Å². The molecule has 11 heteroatoms. The lowest BCUT2D eigenvalue weighted by Gasteiger charge is -2.33. The Morgan fingerprint density at radius 1 is 0.868 bits per heavy atom. The van der Waals surface area contributed by atoms with E-state index in [1.54, 1.807) is 17.0 Å². The summed E-state index contributed by atoms with van der Waals surface area (Å²) in [6, 6.07) is 4.63. The predicted molar refractivity (Wildman–Crippen MR) is 224 cm³/mol. The predicted octanol–water partition coefficient (Wildman–Crippen LogP) is 11.4. The molecule has 1 aromatic carbocycles. The van der Waals surface area contributed by atoms with Crippen LogP contribution < -0.4 is 10.6 Å². The topological polar surface area (TPSA) is 100 Å². The van der Waals surface area contributed by atoms with Crippen LogP contribution in [0.4, 0.5) is 24.1 Å². The van der Waals surface area contributed by atoms with Crippen molar-refractivity contribution in [3.05, 3.63) is 42.2 Å². The van der Waals surface area contributed by atoms with Crippen molar-refractivity contribution in [2.24, 2.45) is 11.8 Å². The fourth-order valence-electron chi connectivity index (χ4n) is 5.40. The number of ether oxygens (including phenoxy) is 2. The third-order valence-corrected chi connectivity index (χ3v) is 7.70. The minimum Gasteiger partial charge on any atom is -0.444 e. The molecule has 0 aliphatic carbocycles. The first kappa shape index (κ1) is 54.1. The highest BCUT2D eigenvalue weighted by Crippen LogP contribution is 2.25. The van der Waals surface area contributed by atoms with Gasteiger partial charge in [0, 0.05) is 41.3 Å². The first-order valence-corrected chi connectivity index (χ1v) is 19.4. The number of amides is 2. The molecule has 53 heavy (non-hydrogen) atoms. The number of rotatable bonds is 8. The average molecular weight is 761 g/mol. The van der Waals surface area contributed by atoms with E-state index in [1.165, 1.54) is 31.9 Å². The van der Waals surface area contributed by atoms with Crippen LogP contribution in [0.3, 0.4) is 0 Å². The third-order valence-electron chi connectivity index (χ3n) is 7.70. The zero-order chi connectivity index (χ0) is 41.6. The lowest BCUT2D eigenvalue weighted by atomic mass is 9.92. The number of halogens is 2. The summed E-state index contributed by atoms with van der Waals surface area (Å²) in [7, 11) is 4.25. The molecule has 0 radical (unpaired) electrons. The number of nitrogens with zero attached hydrogens (tertiary/aromatic N) is 2. The second-order valence-electron chi connectivity index (χ2n) is 14.8. The number of benzene rings is 1. The van der Waals surface area contributed by atoms with Gasteiger partial charge in [-0.3, -0.25) is 9.18 Å².